The Morgan fingerprint density at radius 1 is 0.967 bits per heavy atom. The average Bonchev–Trinajstić information content (AvgIpc) is 2.76. The standard InChI is InChI=1S/C25H27NO4/c1-19-8-7-12-23(14-19)29-17-22(27)16-26-25(28)18-30-24-13-6-5-11-21(24)15-20-9-3-2-4-10-20/h2-14,22,27H,15-18H2,1H3,(H,26,28). The van der Waals surface area contributed by atoms with Gasteiger partial charge in [-0.3, -0.25) is 4.79 Å². The highest BCUT2D eigenvalue weighted by atomic mass is 16.5. The van der Waals surface area contributed by atoms with Gasteiger partial charge in [0, 0.05) is 13.0 Å². The minimum atomic E-state index is -0.806. The Balaban J connectivity index is 1.42. The lowest BCUT2D eigenvalue weighted by atomic mass is 10.0. The fraction of sp³-hybridized carbons (Fsp3) is 0.240. The minimum Gasteiger partial charge on any atom is -0.491 e. The number of benzene rings is 3. The van der Waals surface area contributed by atoms with E-state index in [1.807, 2.05) is 73.7 Å². The van der Waals surface area contributed by atoms with E-state index in [0.29, 0.717) is 11.5 Å². The number of carbonyl (C=O) groups excluding carboxylic acids is 1. The fourth-order valence-electron chi connectivity index (χ4n) is 2.99. The molecule has 2 N–H and O–H groups in total. The number of aliphatic hydroxyl groups excluding tert-OH is 1. The van der Waals surface area contributed by atoms with Crippen molar-refractivity contribution in [3.05, 3.63) is 95.6 Å². The van der Waals surface area contributed by atoms with Crippen molar-refractivity contribution in [1.29, 1.82) is 0 Å². The molecule has 0 fully saturated rings. The van der Waals surface area contributed by atoms with E-state index in [9.17, 15) is 9.90 Å². The first-order valence-corrected chi connectivity index (χ1v) is 9.99. The van der Waals surface area contributed by atoms with Crippen LogP contribution in [0.5, 0.6) is 11.5 Å². The molecule has 0 aliphatic rings. The Labute approximate surface area is 177 Å². The Hall–Kier alpha value is -3.31. The van der Waals surface area contributed by atoms with E-state index in [1.54, 1.807) is 0 Å². The summed E-state index contributed by atoms with van der Waals surface area (Å²) in [6.45, 7) is 2.06. The zero-order chi connectivity index (χ0) is 21.2. The molecule has 3 rings (SSSR count). The quantitative estimate of drug-likeness (QED) is 0.542. The van der Waals surface area contributed by atoms with Crippen LogP contribution >= 0.6 is 0 Å². The third-order valence-electron chi connectivity index (χ3n) is 4.54. The lowest BCUT2D eigenvalue weighted by molar-refractivity contribution is -0.123. The van der Waals surface area contributed by atoms with Crippen LogP contribution in [0.2, 0.25) is 0 Å². The molecule has 0 spiro atoms. The number of nitrogens with one attached hydrogen (secondary N) is 1. The average molecular weight is 405 g/mol. The number of carbonyl (C=O) groups is 1. The minimum absolute atomic E-state index is 0.0969. The number of hydrogen-bond acceptors (Lipinski definition) is 4. The third-order valence-corrected chi connectivity index (χ3v) is 4.54. The Morgan fingerprint density at radius 3 is 2.53 bits per heavy atom. The number of para-hydroxylation sites is 1. The van der Waals surface area contributed by atoms with Crippen molar-refractivity contribution < 1.29 is 19.4 Å². The van der Waals surface area contributed by atoms with E-state index >= 15 is 0 Å². The normalized spacial score (nSPS) is 11.5. The van der Waals surface area contributed by atoms with Crippen LogP contribution in [0.4, 0.5) is 0 Å². The van der Waals surface area contributed by atoms with E-state index in [0.717, 1.165) is 17.5 Å². The molecule has 0 radical (unpaired) electrons. The van der Waals surface area contributed by atoms with Gasteiger partial charge < -0.3 is 19.9 Å². The van der Waals surface area contributed by atoms with Gasteiger partial charge in [0.2, 0.25) is 0 Å². The highest BCUT2D eigenvalue weighted by Crippen LogP contribution is 2.21. The lowest BCUT2D eigenvalue weighted by Gasteiger charge is -2.15. The molecule has 0 saturated carbocycles. The largest absolute Gasteiger partial charge is 0.491 e. The van der Waals surface area contributed by atoms with Crippen molar-refractivity contribution in [3.8, 4) is 11.5 Å². The monoisotopic (exact) mass is 405 g/mol. The van der Waals surface area contributed by atoms with Gasteiger partial charge in [0.05, 0.1) is 0 Å². The first kappa shape index (κ1) is 21.4. The SMILES string of the molecule is Cc1cccc(OCC(O)CNC(=O)COc2ccccc2Cc2ccccc2)c1. The predicted molar refractivity (Wildman–Crippen MR) is 117 cm³/mol. The number of rotatable bonds is 10. The van der Waals surface area contributed by atoms with Crippen LogP contribution in [0.15, 0.2) is 78.9 Å². The molecule has 30 heavy (non-hydrogen) atoms. The summed E-state index contributed by atoms with van der Waals surface area (Å²) >= 11 is 0. The molecular formula is C25H27NO4. The maximum Gasteiger partial charge on any atom is 0.258 e. The zero-order valence-corrected chi connectivity index (χ0v) is 17.1. The van der Waals surface area contributed by atoms with Crippen LogP contribution < -0.4 is 14.8 Å². The van der Waals surface area contributed by atoms with E-state index in [1.165, 1.54) is 5.56 Å². The van der Waals surface area contributed by atoms with Crippen molar-refractivity contribution in [2.45, 2.75) is 19.4 Å². The van der Waals surface area contributed by atoms with Crippen molar-refractivity contribution in [1.82, 2.24) is 5.32 Å². The van der Waals surface area contributed by atoms with Gasteiger partial charge in [-0.1, -0.05) is 60.7 Å². The maximum atomic E-state index is 12.1. The van der Waals surface area contributed by atoms with Crippen molar-refractivity contribution in [2.24, 2.45) is 0 Å². The van der Waals surface area contributed by atoms with E-state index in [4.69, 9.17) is 9.47 Å². The molecule has 5 nitrogen and oxygen atoms in total. The smallest absolute Gasteiger partial charge is 0.258 e. The Morgan fingerprint density at radius 2 is 1.73 bits per heavy atom. The van der Waals surface area contributed by atoms with Crippen molar-refractivity contribution >= 4 is 5.91 Å². The summed E-state index contributed by atoms with van der Waals surface area (Å²) in [4.78, 5) is 12.1. The van der Waals surface area contributed by atoms with Gasteiger partial charge in [-0.15, -0.1) is 0 Å². The van der Waals surface area contributed by atoms with Crippen LogP contribution in [0.1, 0.15) is 16.7 Å². The summed E-state index contributed by atoms with van der Waals surface area (Å²) in [7, 11) is 0. The summed E-state index contributed by atoms with van der Waals surface area (Å²) in [5.41, 5.74) is 3.28. The molecule has 0 aliphatic heterocycles. The Kier molecular flexibility index (Phi) is 7.86. The number of aryl methyl sites for hydroxylation is 1. The number of hydrogen-bond donors (Lipinski definition) is 2. The molecule has 1 amide bonds. The van der Waals surface area contributed by atoms with Gasteiger partial charge in [0.1, 0.15) is 24.2 Å². The molecule has 156 valence electrons. The molecule has 3 aromatic rings. The summed E-state index contributed by atoms with van der Waals surface area (Å²) in [6.07, 6.45) is -0.0759. The topological polar surface area (TPSA) is 67.8 Å². The molecule has 5 heteroatoms. The molecule has 0 heterocycles. The molecule has 0 aromatic heterocycles. The second-order valence-corrected chi connectivity index (χ2v) is 7.14. The van der Waals surface area contributed by atoms with Crippen LogP contribution in [0, 0.1) is 6.92 Å². The van der Waals surface area contributed by atoms with Gasteiger partial charge in [0.25, 0.3) is 5.91 Å². The molecular weight excluding hydrogens is 378 g/mol. The van der Waals surface area contributed by atoms with Gasteiger partial charge in [-0.25, -0.2) is 0 Å². The summed E-state index contributed by atoms with van der Waals surface area (Å²) in [5.74, 6) is 1.08. The second kappa shape index (κ2) is 11.0. The maximum absolute atomic E-state index is 12.1. The van der Waals surface area contributed by atoms with E-state index in [-0.39, 0.29) is 25.7 Å². The molecule has 0 saturated heterocycles. The number of amides is 1. The predicted octanol–water partition coefficient (Wildman–Crippen LogP) is 3.52. The summed E-state index contributed by atoms with van der Waals surface area (Å²) < 4.78 is 11.3. The van der Waals surface area contributed by atoms with Gasteiger partial charge in [0.15, 0.2) is 6.61 Å². The van der Waals surface area contributed by atoms with Crippen LogP contribution in [-0.2, 0) is 11.2 Å². The first-order chi connectivity index (χ1) is 14.6. The van der Waals surface area contributed by atoms with Crippen LogP contribution in [0.25, 0.3) is 0 Å². The highest BCUT2D eigenvalue weighted by Gasteiger charge is 2.10. The second-order valence-electron chi connectivity index (χ2n) is 7.14. The third kappa shape index (κ3) is 6.94. The molecule has 0 bridgehead atoms. The van der Waals surface area contributed by atoms with Gasteiger partial charge >= 0.3 is 0 Å². The number of ether oxygens (including phenoxy) is 2. The van der Waals surface area contributed by atoms with E-state index < -0.39 is 6.10 Å². The lowest BCUT2D eigenvalue weighted by Crippen LogP contribution is -2.37. The van der Waals surface area contributed by atoms with E-state index in [2.05, 4.69) is 17.4 Å². The highest BCUT2D eigenvalue weighted by molar-refractivity contribution is 5.77. The molecule has 1 atom stereocenters. The van der Waals surface area contributed by atoms with Gasteiger partial charge in [-0.2, -0.15) is 0 Å². The van der Waals surface area contributed by atoms with Crippen LogP contribution in [-0.4, -0.2) is 36.9 Å². The fourth-order valence-corrected chi connectivity index (χ4v) is 2.99. The molecule has 1 unspecified atom stereocenters. The molecule has 3 aromatic carbocycles. The van der Waals surface area contributed by atoms with Gasteiger partial charge in [-0.05, 0) is 41.8 Å². The Bertz CT molecular complexity index is 943. The van der Waals surface area contributed by atoms with Crippen LogP contribution in [0.3, 0.4) is 0 Å². The summed E-state index contributed by atoms with van der Waals surface area (Å²) in [5, 5.41) is 12.7. The van der Waals surface area contributed by atoms with Crippen molar-refractivity contribution in [3.63, 3.8) is 0 Å². The molecule has 0 aliphatic carbocycles. The zero-order valence-electron chi connectivity index (χ0n) is 17.1. The number of aliphatic hydroxyl groups is 1. The van der Waals surface area contributed by atoms with Crippen molar-refractivity contribution in [2.75, 3.05) is 19.8 Å². The first-order valence-electron chi connectivity index (χ1n) is 9.99. The summed E-state index contributed by atoms with van der Waals surface area (Å²) in [6, 6.07) is 25.4.